The molecule has 1 aliphatic heterocycles. The highest BCUT2D eigenvalue weighted by Crippen LogP contribution is 2.09. The molecule has 1 aromatic carbocycles. The molecule has 1 heterocycles. The minimum Gasteiger partial charge on any atom is -0.323 e. The Labute approximate surface area is 109 Å². The van der Waals surface area contributed by atoms with E-state index in [4.69, 9.17) is 5.84 Å². The van der Waals surface area contributed by atoms with Crippen LogP contribution in [0.4, 0.5) is 0 Å². The SMILES string of the molecule is CN1CCCN(Cc2ccc(C=NN)cc2)CC1. The van der Waals surface area contributed by atoms with Gasteiger partial charge in [-0.1, -0.05) is 24.3 Å². The van der Waals surface area contributed by atoms with E-state index in [1.807, 2.05) is 0 Å². The van der Waals surface area contributed by atoms with Gasteiger partial charge < -0.3 is 10.7 Å². The first kappa shape index (κ1) is 13.1. The molecule has 1 aliphatic rings. The zero-order chi connectivity index (χ0) is 12.8. The molecule has 0 bridgehead atoms. The van der Waals surface area contributed by atoms with Gasteiger partial charge in [0.15, 0.2) is 0 Å². The molecule has 1 fully saturated rings. The highest BCUT2D eigenvalue weighted by atomic mass is 15.2. The fourth-order valence-electron chi connectivity index (χ4n) is 2.31. The van der Waals surface area contributed by atoms with Gasteiger partial charge in [0.25, 0.3) is 0 Å². The molecular weight excluding hydrogens is 224 g/mol. The maximum atomic E-state index is 5.13. The van der Waals surface area contributed by atoms with Gasteiger partial charge in [0.2, 0.25) is 0 Å². The number of hydrazone groups is 1. The Morgan fingerprint density at radius 3 is 2.67 bits per heavy atom. The number of nitrogens with two attached hydrogens (primary N) is 1. The molecule has 1 aromatic rings. The number of rotatable bonds is 3. The van der Waals surface area contributed by atoms with Gasteiger partial charge >= 0.3 is 0 Å². The second-order valence-corrected chi connectivity index (χ2v) is 4.95. The van der Waals surface area contributed by atoms with E-state index >= 15 is 0 Å². The molecule has 98 valence electrons. The zero-order valence-corrected chi connectivity index (χ0v) is 11.0. The molecule has 1 saturated heterocycles. The predicted molar refractivity (Wildman–Crippen MR) is 75.6 cm³/mol. The summed E-state index contributed by atoms with van der Waals surface area (Å²) in [7, 11) is 2.20. The lowest BCUT2D eigenvalue weighted by molar-refractivity contribution is 0.269. The molecule has 4 nitrogen and oxygen atoms in total. The summed E-state index contributed by atoms with van der Waals surface area (Å²) in [5.41, 5.74) is 2.41. The topological polar surface area (TPSA) is 44.9 Å². The average molecular weight is 246 g/mol. The van der Waals surface area contributed by atoms with Crippen molar-refractivity contribution in [2.24, 2.45) is 10.9 Å². The molecule has 0 radical (unpaired) electrons. The Morgan fingerprint density at radius 1 is 1.17 bits per heavy atom. The van der Waals surface area contributed by atoms with Gasteiger partial charge in [-0.05, 0) is 37.7 Å². The third kappa shape index (κ3) is 3.82. The Kier molecular flexibility index (Phi) is 4.73. The summed E-state index contributed by atoms with van der Waals surface area (Å²) < 4.78 is 0. The van der Waals surface area contributed by atoms with E-state index in [1.54, 1.807) is 6.21 Å². The molecule has 0 unspecified atom stereocenters. The highest BCUT2D eigenvalue weighted by Gasteiger charge is 2.11. The molecular formula is C14H22N4. The lowest BCUT2D eigenvalue weighted by atomic mass is 10.1. The molecule has 0 atom stereocenters. The third-order valence-electron chi connectivity index (χ3n) is 3.42. The van der Waals surface area contributed by atoms with Gasteiger partial charge in [0, 0.05) is 19.6 Å². The van der Waals surface area contributed by atoms with Crippen LogP contribution in [0, 0.1) is 0 Å². The van der Waals surface area contributed by atoms with Gasteiger partial charge in [0.05, 0.1) is 6.21 Å². The van der Waals surface area contributed by atoms with E-state index in [9.17, 15) is 0 Å². The molecule has 0 aromatic heterocycles. The van der Waals surface area contributed by atoms with Crippen LogP contribution in [0.5, 0.6) is 0 Å². The average Bonchev–Trinajstić information content (AvgIpc) is 2.57. The van der Waals surface area contributed by atoms with Gasteiger partial charge in [-0.2, -0.15) is 5.10 Å². The van der Waals surface area contributed by atoms with Gasteiger partial charge in [-0.15, -0.1) is 0 Å². The maximum absolute atomic E-state index is 5.13. The van der Waals surface area contributed by atoms with E-state index in [-0.39, 0.29) is 0 Å². The Morgan fingerprint density at radius 2 is 1.94 bits per heavy atom. The van der Waals surface area contributed by atoms with Crippen LogP contribution in [0.15, 0.2) is 29.4 Å². The van der Waals surface area contributed by atoms with Crippen molar-refractivity contribution in [1.82, 2.24) is 9.80 Å². The lowest BCUT2D eigenvalue weighted by Gasteiger charge is -2.20. The van der Waals surface area contributed by atoms with Crippen molar-refractivity contribution >= 4 is 6.21 Å². The van der Waals surface area contributed by atoms with Crippen LogP contribution in [-0.4, -0.2) is 49.2 Å². The van der Waals surface area contributed by atoms with Crippen LogP contribution in [0.2, 0.25) is 0 Å². The van der Waals surface area contributed by atoms with Crippen molar-refractivity contribution in [3.63, 3.8) is 0 Å². The van der Waals surface area contributed by atoms with E-state index in [0.29, 0.717) is 0 Å². The molecule has 0 saturated carbocycles. The second-order valence-electron chi connectivity index (χ2n) is 4.95. The van der Waals surface area contributed by atoms with Crippen LogP contribution < -0.4 is 5.84 Å². The third-order valence-corrected chi connectivity index (χ3v) is 3.42. The first-order valence-electron chi connectivity index (χ1n) is 6.51. The molecule has 0 amide bonds. The van der Waals surface area contributed by atoms with E-state index < -0.39 is 0 Å². The van der Waals surface area contributed by atoms with Crippen LogP contribution in [-0.2, 0) is 6.54 Å². The van der Waals surface area contributed by atoms with E-state index in [1.165, 1.54) is 25.1 Å². The van der Waals surface area contributed by atoms with E-state index in [2.05, 4.69) is 46.2 Å². The van der Waals surface area contributed by atoms with Crippen LogP contribution in [0.25, 0.3) is 0 Å². The Balaban J connectivity index is 1.92. The molecule has 2 N–H and O–H groups in total. The highest BCUT2D eigenvalue weighted by molar-refractivity contribution is 5.79. The molecule has 4 heteroatoms. The zero-order valence-electron chi connectivity index (χ0n) is 11.0. The van der Waals surface area contributed by atoms with Crippen LogP contribution >= 0.6 is 0 Å². The number of hydrogen-bond acceptors (Lipinski definition) is 4. The second kappa shape index (κ2) is 6.52. The monoisotopic (exact) mass is 246 g/mol. The summed E-state index contributed by atoms with van der Waals surface area (Å²) in [4.78, 5) is 4.93. The minimum atomic E-state index is 1.04. The lowest BCUT2D eigenvalue weighted by Crippen LogP contribution is -2.28. The normalized spacial score (nSPS) is 19.2. The van der Waals surface area contributed by atoms with Crippen molar-refractivity contribution in [1.29, 1.82) is 0 Å². The standard InChI is InChI=1S/C14H22N4/c1-17-7-2-8-18(10-9-17)12-14-5-3-13(4-6-14)11-16-15/h3-6,11H,2,7-10,12,15H2,1H3. The summed E-state index contributed by atoms with van der Waals surface area (Å²) in [6.07, 6.45) is 2.93. The maximum Gasteiger partial charge on any atom is 0.0538 e. The van der Waals surface area contributed by atoms with Gasteiger partial charge in [0.1, 0.15) is 0 Å². The quantitative estimate of drug-likeness (QED) is 0.494. The number of benzene rings is 1. The number of hydrogen-bond donors (Lipinski definition) is 1. The van der Waals surface area contributed by atoms with Crippen molar-refractivity contribution in [3.05, 3.63) is 35.4 Å². The van der Waals surface area contributed by atoms with Crippen molar-refractivity contribution in [2.75, 3.05) is 33.2 Å². The molecule has 0 aliphatic carbocycles. The van der Waals surface area contributed by atoms with Crippen LogP contribution in [0.3, 0.4) is 0 Å². The van der Waals surface area contributed by atoms with Crippen molar-refractivity contribution in [2.45, 2.75) is 13.0 Å². The summed E-state index contributed by atoms with van der Waals surface area (Å²) in [5, 5.41) is 3.53. The fraction of sp³-hybridized carbons (Fsp3) is 0.500. The van der Waals surface area contributed by atoms with Gasteiger partial charge in [-0.25, -0.2) is 0 Å². The number of likely N-dealkylation sites (N-methyl/N-ethyl adjacent to an activating group) is 1. The first-order chi connectivity index (χ1) is 8.78. The summed E-state index contributed by atoms with van der Waals surface area (Å²) in [6.45, 7) is 5.76. The van der Waals surface area contributed by atoms with Crippen LogP contribution in [0.1, 0.15) is 17.5 Å². The fourth-order valence-corrected chi connectivity index (χ4v) is 2.31. The van der Waals surface area contributed by atoms with Crippen molar-refractivity contribution < 1.29 is 0 Å². The minimum absolute atomic E-state index is 1.04. The first-order valence-corrected chi connectivity index (χ1v) is 6.51. The summed E-state index contributed by atoms with van der Waals surface area (Å²) in [6, 6.07) is 8.45. The smallest absolute Gasteiger partial charge is 0.0538 e. The van der Waals surface area contributed by atoms with Gasteiger partial charge in [-0.3, -0.25) is 4.90 Å². The van der Waals surface area contributed by atoms with E-state index in [0.717, 1.165) is 25.2 Å². The molecule has 0 spiro atoms. The van der Waals surface area contributed by atoms with Crippen molar-refractivity contribution in [3.8, 4) is 0 Å². The summed E-state index contributed by atoms with van der Waals surface area (Å²) >= 11 is 0. The summed E-state index contributed by atoms with van der Waals surface area (Å²) in [5.74, 6) is 5.13. The molecule has 2 rings (SSSR count). The largest absolute Gasteiger partial charge is 0.323 e. The Bertz CT molecular complexity index is 385. The number of nitrogens with zero attached hydrogens (tertiary/aromatic N) is 3. The Hall–Kier alpha value is -1.39. The molecule has 18 heavy (non-hydrogen) atoms. The predicted octanol–water partition coefficient (Wildman–Crippen LogP) is 1.12.